The summed E-state index contributed by atoms with van der Waals surface area (Å²) in [7, 11) is 0. The van der Waals surface area contributed by atoms with Gasteiger partial charge in [-0.25, -0.2) is 4.79 Å². The second-order valence-corrected chi connectivity index (χ2v) is 5.47. The molecule has 5 nitrogen and oxygen atoms in total. The molecule has 0 unspecified atom stereocenters. The van der Waals surface area contributed by atoms with Crippen molar-refractivity contribution >= 4 is 11.9 Å². The lowest BCUT2D eigenvalue weighted by atomic mass is 10.1. The zero-order chi connectivity index (χ0) is 17.4. The van der Waals surface area contributed by atoms with Crippen molar-refractivity contribution in [1.82, 2.24) is 5.32 Å². The number of hydrogen-bond donors (Lipinski definition) is 1. The molecule has 0 bridgehead atoms. The average molecular weight is 327 g/mol. The first kappa shape index (κ1) is 17.5. The van der Waals surface area contributed by atoms with Crippen LogP contribution < -0.4 is 10.1 Å². The minimum Gasteiger partial charge on any atom is -0.482 e. The third-order valence-corrected chi connectivity index (χ3v) is 3.45. The van der Waals surface area contributed by atoms with E-state index in [1.54, 1.807) is 6.07 Å². The molecule has 1 amide bonds. The smallest absolute Gasteiger partial charge is 0.344 e. The molecule has 0 aliphatic carbocycles. The summed E-state index contributed by atoms with van der Waals surface area (Å²) >= 11 is 0. The van der Waals surface area contributed by atoms with E-state index in [0.717, 1.165) is 16.7 Å². The number of hydrogen-bond acceptors (Lipinski definition) is 4. The first-order valence-electron chi connectivity index (χ1n) is 7.71. The van der Waals surface area contributed by atoms with E-state index in [9.17, 15) is 9.59 Å². The van der Waals surface area contributed by atoms with E-state index in [4.69, 9.17) is 9.47 Å². The van der Waals surface area contributed by atoms with Crippen molar-refractivity contribution in [1.29, 1.82) is 0 Å². The van der Waals surface area contributed by atoms with Gasteiger partial charge in [0.2, 0.25) is 0 Å². The maximum Gasteiger partial charge on any atom is 0.344 e. The predicted molar refractivity (Wildman–Crippen MR) is 90.7 cm³/mol. The van der Waals surface area contributed by atoms with Gasteiger partial charge in [0.1, 0.15) is 5.75 Å². The molecule has 0 saturated carbocycles. The molecule has 0 heterocycles. The normalized spacial score (nSPS) is 10.1. The summed E-state index contributed by atoms with van der Waals surface area (Å²) < 4.78 is 10.2. The third-order valence-electron chi connectivity index (χ3n) is 3.45. The van der Waals surface area contributed by atoms with Gasteiger partial charge >= 0.3 is 5.97 Å². The maximum absolute atomic E-state index is 11.7. The Morgan fingerprint density at radius 1 is 1.00 bits per heavy atom. The van der Waals surface area contributed by atoms with Crippen LogP contribution in [0.2, 0.25) is 0 Å². The number of ether oxygens (including phenoxy) is 2. The average Bonchev–Trinajstić information content (AvgIpc) is 2.57. The Morgan fingerprint density at radius 2 is 1.79 bits per heavy atom. The van der Waals surface area contributed by atoms with E-state index in [0.29, 0.717) is 12.3 Å². The van der Waals surface area contributed by atoms with Crippen LogP contribution >= 0.6 is 0 Å². The molecule has 5 heteroatoms. The Labute approximate surface area is 141 Å². The summed E-state index contributed by atoms with van der Waals surface area (Å²) in [5.74, 6) is -0.333. The second kappa shape index (κ2) is 8.72. The fraction of sp³-hybridized carbons (Fsp3) is 0.263. The van der Waals surface area contributed by atoms with Crippen LogP contribution in [0.5, 0.6) is 5.75 Å². The Morgan fingerprint density at radius 3 is 2.54 bits per heavy atom. The number of esters is 1. The number of nitrogens with one attached hydrogen (secondary N) is 1. The summed E-state index contributed by atoms with van der Waals surface area (Å²) in [6.07, 6.45) is 0. The Bertz CT molecular complexity index is 712. The highest BCUT2D eigenvalue weighted by Gasteiger charge is 2.09. The minimum atomic E-state index is -0.581. The van der Waals surface area contributed by atoms with E-state index in [1.807, 2.05) is 56.3 Å². The number of amides is 1. The lowest BCUT2D eigenvalue weighted by Crippen LogP contribution is -2.29. The van der Waals surface area contributed by atoms with E-state index >= 15 is 0 Å². The number of benzene rings is 2. The fourth-order valence-electron chi connectivity index (χ4n) is 2.09. The molecule has 2 aromatic carbocycles. The molecule has 0 saturated heterocycles. The van der Waals surface area contributed by atoms with Crippen LogP contribution in [-0.4, -0.2) is 25.1 Å². The molecule has 0 aromatic heterocycles. The molecule has 0 aliphatic rings. The van der Waals surface area contributed by atoms with Crippen molar-refractivity contribution in [2.24, 2.45) is 0 Å². The molecule has 126 valence electrons. The van der Waals surface area contributed by atoms with Crippen LogP contribution in [0.25, 0.3) is 0 Å². The topological polar surface area (TPSA) is 64.6 Å². The third kappa shape index (κ3) is 5.76. The van der Waals surface area contributed by atoms with Crippen LogP contribution in [0.1, 0.15) is 16.7 Å². The number of carbonyl (C=O) groups excluding carboxylic acids is 2. The lowest BCUT2D eigenvalue weighted by molar-refractivity contribution is -0.150. The lowest BCUT2D eigenvalue weighted by Gasteiger charge is -2.09. The largest absolute Gasteiger partial charge is 0.482 e. The molecule has 0 radical (unpaired) electrons. The van der Waals surface area contributed by atoms with Gasteiger partial charge in [-0.15, -0.1) is 0 Å². The molecule has 2 rings (SSSR count). The van der Waals surface area contributed by atoms with Gasteiger partial charge in [0, 0.05) is 6.54 Å². The predicted octanol–water partition coefficient (Wildman–Crippen LogP) is 2.54. The molecular formula is C19H21NO4. The Balaban J connectivity index is 1.68. The van der Waals surface area contributed by atoms with Crippen LogP contribution in [-0.2, 0) is 20.9 Å². The summed E-state index contributed by atoms with van der Waals surface area (Å²) in [5, 5.41) is 2.72. The number of rotatable bonds is 7. The highest BCUT2D eigenvalue weighted by Crippen LogP contribution is 2.12. The Kier molecular flexibility index (Phi) is 6.37. The zero-order valence-corrected chi connectivity index (χ0v) is 13.9. The van der Waals surface area contributed by atoms with Gasteiger partial charge in [0.15, 0.2) is 13.2 Å². The summed E-state index contributed by atoms with van der Waals surface area (Å²) in [6, 6.07) is 15.1. The summed E-state index contributed by atoms with van der Waals surface area (Å²) in [4.78, 5) is 23.3. The van der Waals surface area contributed by atoms with E-state index in [1.165, 1.54) is 0 Å². The van der Waals surface area contributed by atoms with Gasteiger partial charge in [-0.3, -0.25) is 4.79 Å². The van der Waals surface area contributed by atoms with Crippen LogP contribution in [0.15, 0.2) is 48.5 Å². The van der Waals surface area contributed by atoms with Crippen LogP contribution in [0, 0.1) is 13.8 Å². The van der Waals surface area contributed by atoms with E-state index in [2.05, 4.69) is 5.32 Å². The molecule has 1 N–H and O–H groups in total. The van der Waals surface area contributed by atoms with Crippen LogP contribution in [0.3, 0.4) is 0 Å². The zero-order valence-electron chi connectivity index (χ0n) is 13.9. The highest BCUT2D eigenvalue weighted by atomic mass is 16.6. The minimum absolute atomic E-state index is 0.228. The summed E-state index contributed by atoms with van der Waals surface area (Å²) in [5.41, 5.74) is 3.16. The number of carbonyl (C=O) groups is 2. The van der Waals surface area contributed by atoms with Crippen molar-refractivity contribution in [3.05, 3.63) is 65.2 Å². The van der Waals surface area contributed by atoms with Gasteiger partial charge in [-0.05, 0) is 42.7 Å². The second-order valence-electron chi connectivity index (χ2n) is 5.47. The van der Waals surface area contributed by atoms with Gasteiger partial charge in [-0.2, -0.15) is 0 Å². The molecular weight excluding hydrogens is 306 g/mol. The first-order valence-corrected chi connectivity index (χ1v) is 7.71. The summed E-state index contributed by atoms with van der Waals surface area (Å²) in [6.45, 7) is 3.77. The number of aryl methyl sites for hydroxylation is 2. The van der Waals surface area contributed by atoms with Crippen molar-refractivity contribution in [2.45, 2.75) is 20.4 Å². The van der Waals surface area contributed by atoms with Crippen molar-refractivity contribution < 1.29 is 19.1 Å². The van der Waals surface area contributed by atoms with Crippen LogP contribution in [0.4, 0.5) is 0 Å². The van der Waals surface area contributed by atoms with Gasteiger partial charge < -0.3 is 14.8 Å². The van der Waals surface area contributed by atoms with E-state index in [-0.39, 0.29) is 19.1 Å². The SMILES string of the molecule is Cc1cccc(OCC(=O)OCC(=O)NCc2ccccc2C)c1. The first-order chi connectivity index (χ1) is 11.5. The monoisotopic (exact) mass is 327 g/mol. The molecule has 0 fully saturated rings. The van der Waals surface area contributed by atoms with Crippen molar-refractivity contribution in [3.63, 3.8) is 0 Å². The molecule has 2 aromatic rings. The van der Waals surface area contributed by atoms with Gasteiger partial charge in [0.25, 0.3) is 5.91 Å². The van der Waals surface area contributed by atoms with Crippen molar-refractivity contribution in [3.8, 4) is 5.75 Å². The highest BCUT2D eigenvalue weighted by molar-refractivity contribution is 5.80. The quantitative estimate of drug-likeness (QED) is 0.794. The molecule has 24 heavy (non-hydrogen) atoms. The molecule has 0 atom stereocenters. The van der Waals surface area contributed by atoms with Crippen molar-refractivity contribution in [2.75, 3.05) is 13.2 Å². The van der Waals surface area contributed by atoms with E-state index < -0.39 is 5.97 Å². The van der Waals surface area contributed by atoms with Gasteiger partial charge in [0.05, 0.1) is 0 Å². The molecule has 0 spiro atoms. The maximum atomic E-state index is 11.7. The Hall–Kier alpha value is -2.82. The van der Waals surface area contributed by atoms with Gasteiger partial charge in [-0.1, -0.05) is 36.4 Å². The fourth-order valence-corrected chi connectivity index (χ4v) is 2.09. The molecule has 0 aliphatic heterocycles. The standard InChI is InChI=1S/C19H21NO4/c1-14-6-5-9-17(10-14)23-13-19(22)24-12-18(21)20-11-16-8-4-3-7-15(16)2/h3-10H,11-13H2,1-2H3,(H,20,21).